The second-order valence-electron chi connectivity index (χ2n) is 27.4. The molecule has 1 aliphatic carbocycles. The predicted molar refractivity (Wildman–Crippen MR) is 440 cm³/mol. The number of ether oxygens (including phenoxy) is 10. The molecule has 5 aromatic carbocycles. The highest BCUT2D eigenvalue weighted by atomic mass is 32.2. The largest absolute Gasteiger partial charge is 0.494 e. The molecule has 0 amide bonds. The Hall–Kier alpha value is -13.9. The number of carbonyl (C=O) groups excluding carboxylic acids is 2. The first-order chi connectivity index (χ1) is 58.1. The molecule has 8 heterocycles. The van der Waals surface area contributed by atoms with Gasteiger partial charge in [0.1, 0.15) is 34.3 Å². The number of H-pyrrole nitrogens is 3. The summed E-state index contributed by atoms with van der Waals surface area (Å²) in [5.41, 5.74) is 3.14. The third-order valence-electron chi connectivity index (χ3n) is 17.4. The number of nitrogens with one attached hydrogen (secondary N) is 3. The highest BCUT2D eigenvalue weighted by Crippen LogP contribution is 2.42. The van der Waals surface area contributed by atoms with Gasteiger partial charge in [-0.25, -0.2) is 14.4 Å². The standard InChI is InChI=1S/C25H27N5O6S.C22H20N4O4.C18H17N5O4.C18H26N4O4/c1-4-30(5-2)16-33-18-12-13-20-19(14-18)23(31)22(25(34-20)32-6-3)27-29-24-21(15-26-28-24)37-36-35-17-10-8-7-9-11-17;1-3-28-15-10-11-16-18(12-15)30-22(29-4-2)20(21(16)27)26-25-19-13-17(23-24-19)14-8-6-5-7-9-14;1-5-25-17-14(16(24)26-18(2,3)27-17)20-21-15-13(19-4)11-23(22-15)12-9-7-6-8-10-12;1-5-24-16-14(15(23)25-18(26-16)9-7-6-8-10-18)22-21-13-11-12(19-20-13)17(2,3)4/h7-15H,4-6,16H2,1-3H3,(H,26,28);5-13H,3-4H2,1-2H3,(H,23,24);6-11H,5H2,1-3H3;11H,5-10H2,1-4H3,(H,19,20). The van der Waals surface area contributed by atoms with E-state index in [-0.39, 0.29) is 87.9 Å². The molecule has 626 valence electrons. The van der Waals surface area contributed by atoms with Gasteiger partial charge in [-0.1, -0.05) is 108 Å². The first kappa shape index (κ1) is 87.0. The van der Waals surface area contributed by atoms with Crippen LogP contribution in [0.15, 0.2) is 239 Å². The van der Waals surface area contributed by atoms with Crippen LogP contribution in [-0.2, 0) is 47.8 Å². The second kappa shape index (κ2) is 41.3. The van der Waals surface area contributed by atoms with Crippen molar-refractivity contribution in [3.8, 4) is 46.1 Å². The van der Waals surface area contributed by atoms with Gasteiger partial charge in [-0.15, -0.1) is 45.2 Å². The molecule has 11 aromatic rings. The van der Waals surface area contributed by atoms with E-state index >= 15 is 0 Å². The third-order valence-corrected chi connectivity index (χ3v) is 18.0. The first-order valence-electron chi connectivity index (χ1n) is 38.6. The summed E-state index contributed by atoms with van der Waals surface area (Å²) < 4.78 is 73.7. The molecule has 2 aliphatic heterocycles. The van der Waals surface area contributed by atoms with Gasteiger partial charge in [0.2, 0.25) is 28.1 Å². The van der Waals surface area contributed by atoms with Crippen molar-refractivity contribution in [1.82, 2.24) is 45.3 Å². The number of aromatic amines is 3. The molecule has 120 heavy (non-hydrogen) atoms. The lowest BCUT2D eigenvalue weighted by Crippen LogP contribution is -2.44. The molecule has 0 saturated heterocycles. The van der Waals surface area contributed by atoms with Crippen molar-refractivity contribution in [3.05, 3.63) is 213 Å². The molecule has 1 fully saturated rings. The summed E-state index contributed by atoms with van der Waals surface area (Å²) in [6.07, 6.45) is 7.37. The quantitative estimate of drug-likeness (QED) is 0.00745. The van der Waals surface area contributed by atoms with Gasteiger partial charge in [0.15, 0.2) is 23.2 Å². The van der Waals surface area contributed by atoms with Crippen LogP contribution in [0.2, 0.25) is 0 Å². The van der Waals surface area contributed by atoms with Crippen molar-refractivity contribution >= 4 is 86.3 Å². The zero-order valence-corrected chi connectivity index (χ0v) is 68.9. The zero-order chi connectivity index (χ0) is 85.2. The minimum atomic E-state index is -1.17. The average Bonchev–Trinajstić information content (AvgIpc) is 1.74. The van der Waals surface area contributed by atoms with Crippen molar-refractivity contribution < 1.29 is 75.0 Å². The number of nitrogens with zero attached hydrogens (tertiary/aromatic N) is 15. The third kappa shape index (κ3) is 22.9. The van der Waals surface area contributed by atoms with Crippen LogP contribution in [0.5, 0.6) is 29.1 Å². The maximum absolute atomic E-state index is 13.4. The molecule has 1 saturated carbocycles. The Balaban J connectivity index is 0.000000158. The molecule has 0 bridgehead atoms. The van der Waals surface area contributed by atoms with E-state index < -0.39 is 28.9 Å². The van der Waals surface area contributed by atoms with Gasteiger partial charge < -0.3 is 61.1 Å². The Kier molecular flexibility index (Phi) is 29.9. The number of rotatable bonds is 29. The van der Waals surface area contributed by atoms with E-state index in [1.165, 1.54) is 17.1 Å². The number of azo groups is 4. The molecule has 37 heteroatoms. The fourth-order valence-electron chi connectivity index (χ4n) is 11.4. The molecule has 14 rings (SSSR count). The van der Waals surface area contributed by atoms with Gasteiger partial charge in [-0.2, -0.15) is 20.4 Å². The van der Waals surface area contributed by atoms with E-state index in [9.17, 15) is 19.2 Å². The Bertz CT molecular complexity index is 5680. The molecular formula is C83H90N18O18S. The van der Waals surface area contributed by atoms with Crippen LogP contribution >= 0.6 is 12.0 Å². The number of cyclic esters (lactones) is 1. The smallest absolute Gasteiger partial charge is 0.369 e. The monoisotopic (exact) mass is 1660 g/mol. The highest BCUT2D eigenvalue weighted by molar-refractivity contribution is 7.94. The van der Waals surface area contributed by atoms with Gasteiger partial charge >= 0.3 is 35.7 Å². The predicted octanol–water partition coefficient (Wildman–Crippen LogP) is 19.7. The number of carbonyl (C=O) groups is 2. The van der Waals surface area contributed by atoms with E-state index in [1.807, 2.05) is 92.7 Å². The molecule has 0 atom stereocenters. The number of fused-ring (bicyclic) bond motifs is 2. The van der Waals surface area contributed by atoms with Crippen LogP contribution in [0.25, 0.3) is 43.7 Å². The number of aromatic nitrogens is 8. The fourth-order valence-corrected chi connectivity index (χ4v) is 11.8. The van der Waals surface area contributed by atoms with Gasteiger partial charge in [0.25, 0.3) is 28.7 Å². The molecular weight excluding hydrogens is 1570 g/mol. The summed E-state index contributed by atoms with van der Waals surface area (Å²) in [6.45, 7) is 33.6. The summed E-state index contributed by atoms with van der Waals surface area (Å²) in [5.74, 6) is -0.682. The van der Waals surface area contributed by atoms with Crippen LogP contribution in [0.3, 0.4) is 0 Å². The van der Waals surface area contributed by atoms with Crippen LogP contribution in [-0.4, -0.2) is 122 Å². The topological polar surface area (TPSA) is 416 Å². The summed E-state index contributed by atoms with van der Waals surface area (Å²) in [6, 6.07) is 41.6. The van der Waals surface area contributed by atoms with E-state index in [1.54, 1.807) is 95.3 Å². The second-order valence-corrected chi connectivity index (χ2v) is 28.1. The number of esters is 2. The molecule has 0 unspecified atom stereocenters. The number of para-hydroxylation sites is 2. The van der Waals surface area contributed by atoms with E-state index in [0.717, 1.165) is 67.0 Å². The number of hydrogen-bond donors (Lipinski definition) is 3. The zero-order valence-electron chi connectivity index (χ0n) is 68.1. The van der Waals surface area contributed by atoms with Gasteiger partial charge in [-0.05, 0) is 121 Å². The number of benzene rings is 5. The fraction of sp³-hybridized carbons (Fsp3) is 0.337. The molecule has 1 spiro atoms. The molecule has 3 aliphatic rings. The SMILES string of the molecule is CCOC1=C(N=Nc2cc(C(C)(C)C)[nH]n2)C(=O)OC2(CCCCC2)O1.CCOc1ccc2c(=O)c(N=Nc3cc(-c4ccccc4)[nH]n3)c(OCC)oc2c1.CCOc1oc2ccc(OCN(CC)CC)cc2c(=O)c1N=Nc1[nH]ncc1SOOc1ccccc1.[C-]#[N+]c1cn(-c2ccccc2)nc1N=NC1=C(OCC)OC(C)(C)OC1=O. The van der Waals surface area contributed by atoms with Crippen molar-refractivity contribution in [3.63, 3.8) is 0 Å². The summed E-state index contributed by atoms with van der Waals surface area (Å²) >= 11 is 0.895. The summed E-state index contributed by atoms with van der Waals surface area (Å²) in [5, 5.41) is 58.0. The maximum atomic E-state index is 13.4. The van der Waals surface area contributed by atoms with Crippen LogP contribution in [0.1, 0.15) is 121 Å². The van der Waals surface area contributed by atoms with Gasteiger partial charge in [0.05, 0.1) is 80.0 Å². The maximum Gasteiger partial charge on any atom is 0.369 e. The van der Waals surface area contributed by atoms with Crippen molar-refractivity contribution in [2.75, 3.05) is 52.9 Å². The minimum absolute atomic E-state index is 0.00576. The normalized spacial score (nSPS) is 14.4. The lowest BCUT2D eigenvalue weighted by molar-refractivity contribution is -0.254. The Morgan fingerprint density at radius 1 is 0.567 bits per heavy atom. The average molecular weight is 1660 g/mol. The van der Waals surface area contributed by atoms with Crippen molar-refractivity contribution in [1.29, 1.82) is 0 Å². The first-order valence-corrected chi connectivity index (χ1v) is 39.3. The molecule has 3 N–H and O–H groups in total. The van der Waals surface area contributed by atoms with Crippen molar-refractivity contribution in [2.45, 2.75) is 137 Å². The van der Waals surface area contributed by atoms with E-state index in [4.69, 9.17) is 72.0 Å². The van der Waals surface area contributed by atoms with Crippen LogP contribution < -0.4 is 34.7 Å². The number of hydrogen-bond acceptors (Lipinski definition) is 32. The van der Waals surface area contributed by atoms with Crippen LogP contribution in [0.4, 0.5) is 40.3 Å². The Morgan fingerprint density at radius 2 is 1.15 bits per heavy atom. The lowest BCUT2D eigenvalue weighted by atomic mass is 9.92. The molecule has 6 aromatic heterocycles. The van der Waals surface area contributed by atoms with Gasteiger partial charge in [-0.3, -0.25) is 34.5 Å². The van der Waals surface area contributed by atoms with Gasteiger partial charge in [0, 0.05) is 62.2 Å². The molecule has 0 radical (unpaired) electrons. The van der Waals surface area contributed by atoms with E-state index in [0.29, 0.717) is 95.1 Å². The lowest BCUT2D eigenvalue weighted by Gasteiger charge is -2.39. The van der Waals surface area contributed by atoms with Crippen LogP contribution in [0, 0.1) is 6.57 Å². The minimum Gasteiger partial charge on any atom is -0.494 e. The summed E-state index contributed by atoms with van der Waals surface area (Å²) in [4.78, 5) is 62.3. The molecule has 36 nitrogen and oxygen atoms in total. The van der Waals surface area contributed by atoms with Crippen molar-refractivity contribution in [2.24, 2.45) is 40.9 Å². The Labute approximate surface area is 692 Å². The Morgan fingerprint density at radius 3 is 1.80 bits per heavy atom. The highest BCUT2D eigenvalue weighted by Gasteiger charge is 2.46. The van der Waals surface area contributed by atoms with E-state index in [2.05, 4.69) is 121 Å². The summed E-state index contributed by atoms with van der Waals surface area (Å²) in [7, 11) is 0.